The Balaban J connectivity index is 0.000000163. The Labute approximate surface area is 594 Å². The summed E-state index contributed by atoms with van der Waals surface area (Å²) in [4.78, 5) is 69.1. The monoisotopic (exact) mass is 1390 g/mol. The number of methoxy groups -OCH3 is 1. The molecule has 2 aliphatic heterocycles. The quantitative estimate of drug-likeness (QED) is 0.0357. The van der Waals surface area contributed by atoms with Crippen molar-refractivity contribution in [2.45, 2.75) is 114 Å². The molecule has 25 nitrogen and oxygen atoms in total. The highest BCUT2D eigenvalue weighted by molar-refractivity contribution is 5.78. The van der Waals surface area contributed by atoms with E-state index >= 15 is 0 Å². The molecule has 0 unspecified atom stereocenters. The van der Waals surface area contributed by atoms with Gasteiger partial charge in [0.1, 0.15) is 11.6 Å². The number of aromatic hydroxyl groups is 3. The molecule has 0 radical (unpaired) electrons. The molecule has 12 rings (SSSR count). The van der Waals surface area contributed by atoms with Crippen LogP contribution in [-0.4, -0.2) is 133 Å². The lowest BCUT2D eigenvalue weighted by Gasteiger charge is -2.15. The summed E-state index contributed by atoms with van der Waals surface area (Å²) >= 11 is 0. The first-order valence-corrected chi connectivity index (χ1v) is 33.9. The smallest absolute Gasteiger partial charge is 0.317 e. The maximum Gasteiger partial charge on any atom is 0.317 e. The third kappa shape index (κ3) is 20.9. The molecule has 3 amide bonds. The van der Waals surface area contributed by atoms with Crippen LogP contribution in [0.25, 0.3) is 56.3 Å². The van der Waals surface area contributed by atoms with Crippen LogP contribution in [-0.2, 0) is 30.5 Å². The number of phenolic OH excluding ortho intramolecular Hbond substituents is 3. The summed E-state index contributed by atoms with van der Waals surface area (Å²) in [6, 6.07) is 34.8. The van der Waals surface area contributed by atoms with Gasteiger partial charge in [-0.15, -0.1) is 0 Å². The van der Waals surface area contributed by atoms with Crippen LogP contribution in [0.15, 0.2) is 115 Å². The molecule has 2 fully saturated rings. The average molecular weight is 1390 g/mol. The molecule has 10 aromatic rings. The minimum Gasteiger partial charge on any atom is -0.507 e. The number of amides is 3. The molecule has 0 spiro atoms. The van der Waals surface area contributed by atoms with Crippen LogP contribution in [0.4, 0.5) is 44.7 Å². The van der Waals surface area contributed by atoms with E-state index in [2.05, 4.69) is 106 Å². The van der Waals surface area contributed by atoms with Gasteiger partial charge in [0.05, 0.1) is 35.6 Å². The number of likely N-dealkylation sites (tertiary alicyclic amines) is 1. The standard InChI is InChI=1S/C19H25N5O.C18H23N5O.C14H17N3O.C13H15N3O2.C12H12FN3O/c1-13-6-3-7-15(14(13)2)16-12-17(23-19(20)22-16)21-9-5-11-24-10-4-8-18(24)25;1-12-5-3-7-15(13(12)2)16-11-14(21-17(19)22-16)6-4-9-23-10-8-20-18(23)24;1-4-11-7-12(17-14(15)16-11)10-5-8(2)13(18)9(3)6-10;1-3-9-7-10(16-13(14)15-9)8-4-5-11(17)12(6-8)18-2;1-2-8-6-10(16-12(14)15-8)7-3-4-11(17)9(13)5-7/h3,6-7,12H,4-5,8-11H2,1-2H3,(H3,20,21,22,23);3,5,7,11H,4,6,8-10H2,1-2H3,(H,20,24)(H2,19,21,22);5-7,18H,4H2,1-3H3,(H2,15,16,17);4-7,17H,3H2,1-2H3,(H2,14,15,16);3-6,17H,2H2,1H3,(H2,14,15,16). The van der Waals surface area contributed by atoms with Crippen LogP contribution in [0, 0.1) is 47.4 Å². The molecule has 2 saturated heterocycles. The number of nitrogens with two attached hydrogens (primary N) is 5. The van der Waals surface area contributed by atoms with E-state index in [1.165, 1.54) is 41.5 Å². The Kier molecular flexibility index (Phi) is 26.6. The molecule has 5 aromatic carbocycles. The number of aromatic nitrogens is 10. The largest absolute Gasteiger partial charge is 0.507 e. The number of hydrogen-bond acceptors (Lipinski definition) is 22. The second kappa shape index (κ2) is 35.8. The second-order valence-electron chi connectivity index (χ2n) is 24.6. The first-order valence-electron chi connectivity index (χ1n) is 33.9. The zero-order valence-corrected chi connectivity index (χ0v) is 59.6. The Morgan fingerprint density at radius 1 is 0.510 bits per heavy atom. The van der Waals surface area contributed by atoms with Gasteiger partial charge in [-0.2, -0.15) is 4.98 Å². The number of hydrogen-bond donors (Lipinski definition) is 10. The fourth-order valence-electron chi connectivity index (χ4n) is 11.3. The van der Waals surface area contributed by atoms with Gasteiger partial charge in [-0.3, -0.25) is 4.79 Å². The number of carbonyl (C=O) groups is 2. The predicted molar refractivity (Wildman–Crippen MR) is 400 cm³/mol. The van der Waals surface area contributed by atoms with E-state index in [9.17, 15) is 24.2 Å². The number of carbonyl (C=O) groups excluding carboxylic acids is 2. The van der Waals surface area contributed by atoms with Gasteiger partial charge in [-0.05, 0) is 193 Å². The number of halogens is 1. The van der Waals surface area contributed by atoms with Crippen LogP contribution in [0.1, 0.15) is 103 Å². The van der Waals surface area contributed by atoms with E-state index in [1.54, 1.807) is 30.3 Å². The number of nitrogen functional groups attached to an aromatic ring is 5. The fourth-order valence-corrected chi connectivity index (χ4v) is 11.3. The van der Waals surface area contributed by atoms with Crippen LogP contribution >= 0.6 is 0 Å². The molecular weight excluding hydrogens is 1290 g/mol. The number of nitrogens with zero attached hydrogens (tertiary/aromatic N) is 12. The molecule has 15 N–H and O–H groups in total. The number of aryl methyl sites for hydroxylation is 8. The maximum atomic E-state index is 13.2. The summed E-state index contributed by atoms with van der Waals surface area (Å²) in [5.41, 5.74) is 47.0. The van der Waals surface area contributed by atoms with Crippen LogP contribution in [0.3, 0.4) is 0 Å². The average Bonchev–Trinajstić information content (AvgIpc) is 1.16. The third-order valence-corrected chi connectivity index (χ3v) is 17.2. The zero-order valence-electron chi connectivity index (χ0n) is 59.6. The van der Waals surface area contributed by atoms with Gasteiger partial charge in [0, 0.05) is 102 Å². The molecule has 102 heavy (non-hydrogen) atoms. The second-order valence-corrected chi connectivity index (χ2v) is 24.6. The Morgan fingerprint density at radius 2 is 0.980 bits per heavy atom. The first kappa shape index (κ1) is 75.9. The van der Waals surface area contributed by atoms with E-state index in [4.69, 9.17) is 38.5 Å². The van der Waals surface area contributed by atoms with E-state index in [0.29, 0.717) is 35.1 Å². The molecule has 0 aliphatic carbocycles. The molecule has 7 heterocycles. The van der Waals surface area contributed by atoms with Gasteiger partial charge in [0.15, 0.2) is 23.1 Å². The zero-order chi connectivity index (χ0) is 73.7. The number of phenols is 3. The summed E-state index contributed by atoms with van der Waals surface area (Å²) in [5, 5.41) is 34.6. The number of anilines is 6. The predicted octanol–water partition coefficient (Wildman–Crippen LogP) is 11.8. The summed E-state index contributed by atoms with van der Waals surface area (Å²) in [6.07, 6.45) is 6.51. The fraction of sp³-hybridized carbons (Fsp3) is 0.316. The van der Waals surface area contributed by atoms with E-state index in [-0.39, 0.29) is 47.2 Å². The summed E-state index contributed by atoms with van der Waals surface area (Å²) in [7, 11) is 1.50. The van der Waals surface area contributed by atoms with Crippen molar-refractivity contribution in [1.82, 2.24) is 65.0 Å². The van der Waals surface area contributed by atoms with Crippen LogP contribution < -0.4 is 44.0 Å². The van der Waals surface area contributed by atoms with Crippen molar-refractivity contribution in [3.05, 3.63) is 177 Å². The van der Waals surface area contributed by atoms with Crippen molar-refractivity contribution < 1.29 is 34.0 Å². The molecule has 2 aliphatic rings. The minimum atomic E-state index is -0.683. The molecule has 5 aromatic heterocycles. The normalized spacial score (nSPS) is 12.2. The summed E-state index contributed by atoms with van der Waals surface area (Å²) in [6.45, 7) is 22.7. The van der Waals surface area contributed by atoms with Crippen molar-refractivity contribution in [3.63, 3.8) is 0 Å². The van der Waals surface area contributed by atoms with Crippen LogP contribution in [0.2, 0.25) is 0 Å². The van der Waals surface area contributed by atoms with E-state index in [1.807, 2.05) is 99.0 Å². The highest BCUT2D eigenvalue weighted by Gasteiger charge is 2.21. The van der Waals surface area contributed by atoms with E-state index < -0.39 is 5.82 Å². The topological polar surface area (TPSA) is 394 Å². The van der Waals surface area contributed by atoms with Gasteiger partial charge in [-0.1, -0.05) is 57.2 Å². The lowest BCUT2D eigenvalue weighted by molar-refractivity contribution is -0.127. The molecule has 534 valence electrons. The Morgan fingerprint density at radius 3 is 1.47 bits per heavy atom. The van der Waals surface area contributed by atoms with Gasteiger partial charge in [-0.25, -0.2) is 54.0 Å². The van der Waals surface area contributed by atoms with Gasteiger partial charge in [0.25, 0.3) is 0 Å². The molecule has 26 heteroatoms. The highest BCUT2D eigenvalue weighted by atomic mass is 19.1. The summed E-state index contributed by atoms with van der Waals surface area (Å²) < 4.78 is 18.3. The number of urea groups is 1. The Bertz CT molecular complexity index is 4560. The number of nitrogens with one attached hydrogen (secondary N) is 2. The number of benzene rings is 5. The summed E-state index contributed by atoms with van der Waals surface area (Å²) in [5.74, 6) is 2.00. The molecule has 0 bridgehead atoms. The lowest BCUT2D eigenvalue weighted by atomic mass is 10.00. The SMILES string of the molecule is CCc1cc(-c2cc(C)c(O)c(C)c2)nc(N)n1.CCc1cc(-c2ccc(O)c(F)c2)nc(N)n1.CCc1cc(-c2ccc(O)c(OC)c2)nc(N)n1.Cc1cccc(-c2cc(CCCN3CCNC3=O)nc(N)n2)c1C.Cc1cccc(-c2cc(NCCCN3CCCC3=O)nc(N)n2)c1C. The van der Waals surface area contributed by atoms with Crippen molar-refractivity contribution in [1.29, 1.82) is 0 Å². The first-order chi connectivity index (χ1) is 48.8. The highest BCUT2D eigenvalue weighted by Crippen LogP contribution is 2.33. The maximum absolute atomic E-state index is 13.2. The van der Waals surface area contributed by atoms with Crippen molar-refractivity contribution in [2.75, 3.05) is 80.4 Å². The van der Waals surface area contributed by atoms with Crippen molar-refractivity contribution >= 4 is 47.5 Å². The number of rotatable bonds is 18. The van der Waals surface area contributed by atoms with Gasteiger partial charge < -0.3 is 69.2 Å². The lowest BCUT2D eigenvalue weighted by Crippen LogP contribution is -2.29. The number of ether oxygens (including phenoxy) is 1. The molecule has 0 saturated carbocycles. The van der Waals surface area contributed by atoms with Crippen molar-refractivity contribution in [3.8, 4) is 79.3 Å². The molecular formula is C76H92FN19O6. The van der Waals surface area contributed by atoms with Crippen molar-refractivity contribution in [2.24, 2.45) is 0 Å². The van der Waals surface area contributed by atoms with Crippen LogP contribution in [0.5, 0.6) is 23.0 Å². The van der Waals surface area contributed by atoms with Gasteiger partial charge >= 0.3 is 6.03 Å². The Hall–Kier alpha value is -11.8. The third-order valence-electron chi connectivity index (χ3n) is 17.2. The van der Waals surface area contributed by atoms with Gasteiger partial charge in [0.2, 0.25) is 35.6 Å². The molecule has 0 atom stereocenters. The minimum absolute atomic E-state index is 0.0216. The van der Waals surface area contributed by atoms with E-state index in [0.717, 1.165) is 169 Å².